The number of alkyl halides is 2. The second kappa shape index (κ2) is 6.18. The van der Waals surface area contributed by atoms with Crippen LogP contribution < -0.4 is 9.47 Å². The van der Waals surface area contributed by atoms with Crippen molar-refractivity contribution in [2.24, 2.45) is 0 Å². The lowest BCUT2D eigenvalue weighted by atomic mass is 10.0. The second-order valence-corrected chi connectivity index (χ2v) is 3.40. The molecule has 0 radical (unpaired) electrons. The van der Waals surface area contributed by atoms with Crippen LogP contribution in [0.3, 0.4) is 0 Å². The van der Waals surface area contributed by atoms with Gasteiger partial charge in [-0.25, -0.2) is 0 Å². The van der Waals surface area contributed by atoms with Crippen LogP contribution in [0.5, 0.6) is 11.5 Å². The summed E-state index contributed by atoms with van der Waals surface area (Å²) in [7, 11) is 0. The molecular formula is C12H14F2O3. The average Bonchev–Trinajstić information content (AvgIpc) is 2.28. The van der Waals surface area contributed by atoms with Crippen molar-refractivity contribution in [3.8, 4) is 11.5 Å². The molecule has 0 aliphatic rings. The van der Waals surface area contributed by atoms with Crippen LogP contribution in [0.25, 0.3) is 0 Å². The maximum absolute atomic E-state index is 12.2. The van der Waals surface area contributed by atoms with E-state index in [4.69, 9.17) is 4.74 Å². The fraction of sp³-hybridized carbons (Fsp3) is 0.417. The molecule has 0 N–H and O–H groups in total. The van der Waals surface area contributed by atoms with Crippen molar-refractivity contribution in [1.82, 2.24) is 0 Å². The van der Waals surface area contributed by atoms with Crippen molar-refractivity contribution in [2.45, 2.75) is 26.4 Å². The van der Waals surface area contributed by atoms with Gasteiger partial charge in [0.1, 0.15) is 17.8 Å². The van der Waals surface area contributed by atoms with Gasteiger partial charge in [-0.15, -0.1) is 0 Å². The molecule has 5 heteroatoms. The first-order chi connectivity index (χ1) is 8.10. The third kappa shape index (κ3) is 3.41. The number of rotatable bonds is 6. The van der Waals surface area contributed by atoms with Gasteiger partial charge in [-0.05, 0) is 19.1 Å². The van der Waals surface area contributed by atoms with E-state index in [1.807, 2.05) is 0 Å². The molecule has 1 rings (SSSR count). The molecule has 94 valence electrons. The van der Waals surface area contributed by atoms with Crippen LogP contribution in [0.1, 0.15) is 25.3 Å². The van der Waals surface area contributed by atoms with Gasteiger partial charge in [0.2, 0.25) is 0 Å². The minimum absolute atomic E-state index is 0.0226. The van der Waals surface area contributed by atoms with E-state index in [1.165, 1.54) is 6.07 Å². The van der Waals surface area contributed by atoms with Crippen molar-refractivity contribution >= 4 is 6.29 Å². The average molecular weight is 244 g/mol. The van der Waals surface area contributed by atoms with Gasteiger partial charge in [0.15, 0.2) is 0 Å². The summed E-state index contributed by atoms with van der Waals surface area (Å²) in [5, 5.41) is 0. The Morgan fingerprint density at radius 3 is 2.53 bits per heavy atom. The predicted molar refractivity (Wildman–Crippen MR) is 58.7 cm³/mol. The minimum Gasteiger partial charge on any atom is -0.493 e. The normalized spacial score (nSPS) is 12.3. The number of benzene rings is 1. The molecule has 1 unspecified atom stereocenters. The first kappa shape index (κ1) is 13.4. The summed E-state index contributed by atoms with van der Waals surface area (Å²) in [5.41, 5.74) is 0.352. The zero-order valence-corrected chi connectivity index (χ0v) is 9.65. The Labute approximate surface area is 98.3 Å². The highest BCUT2D eigenvalue weighted by Gasteiger charge is 2.19. The molecule has 0 saturated heterocycles. The van der Waals surface area contributed by atoms with Crippen LogP contribution in [-0.2, 0) is 4.79 Å². The zero-order chi connectivity index (χ0) is 12.8. The number of halogens is 2. The smallest absolute Gasteiger partial charge is 0.387 e. The van der Waals surface area contributed by atoms with Crippen molar-refractivity contribution in [1.29, 1.82) is 0 Å². The predicted octanol–water partition coefficient (Wildman–Crippen LogP) is 2.99. The van der Waals surface area contributed by atoms with E-state index < -0.39 is 12.5 Å². The fourth-order valence-corrected chi connectivity index (χ4v) is 1.52. The van der Waals surface area contributed by atoms with E-state index in [0.29, 0.717) is 24.2 Å². The first-order valence-corrected chi connectivity index (χ1v) is 5.26. The lowest BCUT2D eigenvalue weighted by Crippen LogP contribution is -2.08. The second-order valence-electron chi connectivity index (χ2n) is 3.40. The lowest BCUT2D eigenvalue weighted by molar-refractivity contribution is -0.109. The molecule has 0 spiro atoms. The third-order valence-corrected chi connectivity index (χ3v) is 2.20. The summed E-state index contributed by atoms with van der Waals surface area (Å²) in [6.07, 6.45) is 0.663. The van der Waals surface area contributed by atoms with Gasteiger partial charge in [-0.1, -0.05) is 13.0 Å². The van der Waals surface area contributed by atoms with Gasteiger partial charge in [0, 0.05) is 11.5 Å². The molecule has 0 bridgehead atoms. The topological polar surface area (TPSA) is 35.5 Å². The minimum atomic E-state index is -2.93. The quantitative estimate of drug-likeness (QED) is 0.721. The Morgan fingerprint density at radius 2 is 2.00 bits per heavy atom. The Balaban J connectivity index is 3.18. The number of aldehydes is 1. The van der Waals surface area contributed by atoms with Gasteiger partial charge in [0.05, 0.1) is 6.61 Å². The summed E-state index contributed by atoms with van der Waals surface area (Å²) in [6, 6.07) is 4.56. The van der Waals surface area contributed by atoms with Crippen LogP contribution in [0.2, 0.25) is 0 Å². The van der Waals surface area contributed by atoms with Crippen molar-refractivity contribution in [2.75, 3.05) is 6.61 Å². The highest BCUT2D eigenvalue weighted by atomic mass is 19.3. The molecule has 3 nitrogen and oxygen atoms in total. The first-order valence-electron chi connectivity index (χ1n) is 5.26. The van der Waals surface area contributed by atoms with Gasteiger partial charge in [-0.3, -0.25) is 0 Å². The maximum atomic E-state index is 12.2. The molecule has 0 fully saturated rings. The summed E-state index contributed by atoms with van der Waals surface area (Å²) in [6.45, 7) is 0.833. The molecule has 1 atom stereocenters. The molecule has 0 amide bonds. The van der Waals surface area contributed by atoms with E-state index >= 15 is 0 Å². The van der Waals surface area contributed by atoms with E-state index in [1.54, 1.807) is 26.0 Å². The number of ether oxygens (including phenoxy) is 2. The van der Waals surface area contributed by atoms with Crippen molar-refractivity contribution < 1.29 is 23.0 Å². The SMILES string of the molecule is CCOc1cccc(OC(F)F)c1C(C)C=O. The summed E-state index contributed by atoms with van der Waals surface area (Å²) in [5.74, 6) is -0.192. The Bertz CT molecular complexity index is 380. The zero-order valence-electron chi connectivity index (χ0n) is 9.65. The van der Waals surface area contributed by atoms with Gasteiger partial charge < -0.3 is 14.3 Å². The van der Waals surface area contributed by atoms with E-state index in [0.717, 1.165) is 0 Å². The Hall–Kier alpha value is -1.65. The molecule has 0 saturated carbocycles. The maximum Gasteiger partial charge on any atom is 0.387 e. The lowest BCUT2D eigenvalue weighted by Gasteiger charge is -2.16. The van der Waals surface area contributed by atoms with E-state index in [-0.39, 0.29) is 5.75 Å². The van der Waals surface area contributed by atoms with Gasteiger partial charge >= 0.3 is 6.61 Å². The van der Waals surface area contributed by atoms with Crippen LogP contribution >= 0.6 is 0 Å². The fourth-order valence-electron chi connectivity index (χ4n) is 1.52. The van der Waals surface area contributed by atoms with Gasteiger partial charge in [0.25, 0.3) is 0 Å². The van der Waals surface area contributed by atoms with Crippen LogP contribution in [0.4, 0.5) is 8.78 Å². The highest BCUT2D eigenvalue weighted by molar-refractivity contribution is 5.66. The molecule has 0 aromatic heterocycles. The van der Waals surface area contributed by atoms with Crippen molar-refractivity contribution in [3.05, 3.63) is 23.8 Å². The molecule has 0 aliphatic carbocycles. The van der Waals surface area contributed by atoms with E-state index in [2.05, 4.69) is 4.74 Å². The summed E-state index contributed by atoms with van der Waals surface area (Å²) in [4.78, 5) is 10.8. The Morgan fingerprint density at radius 1 is 1.35 bits per heavy atom. The molecule has 0 aliphatic heterocycles. The largest absolute Gasteiger partial charge is 0.493 e. The van der Waals surface area contributed by atoms with Crippen molar-refractivity contribution in [3.63, 3.8) is 0 Å². The molecule has 0 heterocycles. The standard InChI is InChI=1S/C12H14F2O3/c1-3-16-9-5-4-6-10(17-12(13)14)11(9)8(2)7-15/h4-8,12H,3H2,1-2H3. The highest BCUT2D eigenvalue weighted by Crippen LogP contribution is 2.35. The van der Waals surface area contributed by atoms with Crippen LogP contribution in [-0.4, -0.2) is 19.5 Å². The molecule has 17 heavy (non-hydrogen) atoms. The number of hydrogen-bond donors (Lipinski definition) is 0. The molecular weight excluding hydrogens is 230 g/mol. The number of carbonyl (C=O) groups excluding carboxylic acids is 1. The van der Waals surface area contributed by atoms with E-state index in [9.17, 15) is 13.6 Å². The number of hydrogen-bond acceptors (Lipinski definition) is 3. The van der Waals surface area contributed by atoms with Crippen LogP contribution in [0, 0.1) is 0 Å². The summed E-state index contributed by atoms with van der Waals surface area (Å²) >= 11 is 0. The summed E-state index contributed by atoms with van der Waals surface area (Å²) < 4.78 is 34.1. The monoisotopic (exact) mass is 244 g/mol. The van der Waals surface area contributed by atoms with Gasteiger partial charge in [-0.2, -0.15) is 8.78 Å². The number of carbonyl (C=O) groups is 1. The Kier molecular flexibility index (Phi) is 4.87. The third-order valence-electron chi connectivity index (χ3n) is 2.20. The molecule has 1 aromatic rings. The molecule has 1 aromatic carbocycles. The van der Waals surface area contributed by atoms with Crippen LogP contribution in [0.15, 0.2) is 18.2 Å².